The normalized spacial score (nSPS) is 24.4. The fourth-order valence-corrected chi connectivity index (χ4v) is 4.20. The Kier molecular flexibility index (Phi) is 5.71. The number of rotatable bonds is 5. The van der Waals surface area contributed by atoms with Gasteiger partial charge < -0.3 is 15.0 Å². The molecule has 3 unspecified atom stereocenters. The number of ether oxygens (including phenoxy) is 1. The predicted octanol–water partition coefficient (Wildman–Crippen LogP) is 2.51. The lowest BCUT2D eigenvalue weighted by Crippen LogP contribution is -2.42. The molecule has 2 aromatic carbocycles. The second-order valence-corrected chi connectivity index (χ2v) is 7.71. The summed E-state index contributed by atoms with van der Waals surface area (Å²) in [5, 5.41) is 3.92. The Balaban J connectivity index is 1.40. The molecule has 7 heteroatoms. The van der Waals surface area contributed by atoms with Crippen molar-refractivity contribution in [2.45, 2.75) is 18.5 Å². The van der Waals surface area contributed by atoms with Crippen LogP contribution in [0.4, 0.5) is 5.69 Å². The van der Waals surface area contributed by atoms with E-state index < -0.39 is 0 Å². The van der Waals surface area contributed by atoms with Crippen LogP contribution in [0.15, 0.2) is 48.5 Å². The standard InChI is InChI=1S/C21H25ClN4O2/c1-28-19-8-7-15(22)11-18(19)26-10-9-16(13-26)24-21(27)17-12-23-25-20(17)14-5-3-2-4-6-14/h2-8,11,16-17,20,23,25H,9-10,12-13H2,1H3,(H,24,27). The first-order valence-corrected chi connectivity index (χ1v) is 9.95. The van der Waals surface area contributed by atoms with Gasteiger partial charge in [-0.2, -0.15) is 0 Å². The van der Waals surface area contributed by atoms with E-state index in [-0.39, 0.29) is 23.9 Å². The Hall–Kier alpha value is -2.28. The monoisotopic (exact) mass is 400 g/mol. The summed E-state index contributed by atoms with van der Waals surface area (Å²) in [6.07, 6.45) is 0.894. The van der Waals surface area contributed by atoms with E-state index in [1.165, 1.54) is 0 Å². The van der Waals surface area contributed by atoms with Gasteiger partial charge in [0.15, 0.2) is 0 Å². The second-order valence-electron chi connectivity index (χ2n) is 7.28. The van der Waals surface area contributed by atoms with E-state index in [0.717, 1.165) is 36.5 Å². The van der Waals surface area contributed by atoms with Gasteiger partial charge in [0.25, 0.3) is 0 Å². The predicted molar refractivity (Wildman–Crippen MR) is 111 cm³/mol. The molecule has 6 nitrogen and oxygen atoms in total. The molecule has 2 saturated heterocycles. The van der Waals surface area contributed by atoms with Gasteiger partial charge >= 0.3 is 0 Å². The van der Waals surface area contributed by atoms with E-state index in [0.29, 0.717) is 11.6 Å². The number of hydrogen-bond donors (Lipinski definition) is 3. The summed E-state index contributed by atoms with van der Waals surface area (Å²) in [7, 11) is 1.66. The SMILES string of the molecule is COc1ccc(Cl)cc1N1CCC(NC(=O)C2CNNC2c2ccccc2)C1. The maximum absolute atomic E-state index is 13.0. The van der Waals surface area contributed by atoms with Crippen LogP contribution in [0.3, 0.4) is 0 Å². The van der Waals surface area contributed by atoms with Crippen LogP contribution in [0.25, 0.3) is 0 Å². The molecule has 2 aromatic rings. The van der Waals surface area contributed by atoms with Crippen LogP contribution in [0.2, 0.25) is 5.02 Å². The summed E-state index contributed by atoms with van der Waals surface area (Å²) in [6.45, 7) is 2.21. The van der Waals surface area contributed by atoms with Gasteiger partial charge in [0.2, 0.25) is 5.91 Å². The number of benzene rings is 2. The Bertz CT molecular complexity index is 832. The fourth-order valence-electron chi connectivity index (χ4n) is 4.03. The summed E-state index contributed by atoms with van der Waals surface area (Å²) in [5.74, 6) is 0.734. The Morgan fingerprint density at radius 1 is 1.25 bits per heavy atom. The van der Waals surface area contributed by atoms with Gasteiger partial charge in [0.1, 0.15) is 5.75 Å². The van der Waals surface area contributed by atoms with Crippen LogP contribution in [0, 0.1) is 5.92 Å². The molecule has 0 aromatic heterocycles. The minimum atomic E-state index is -0.142. The van der Waals surface area contributed by atoms with Crippen LogP contribution in [-0.4, -0.2) is 38.7 Å². The first kappa shape index (κ1) is 19.1. The molecule has 2 fully saturated rings. The van der Waals surface area contributed by atoms with E-state index >= 15 is 0 Å². The minimum absolute atomic E-state index is 0.0215. The average molecular weight is 401 g/mol. The van der Waals surface area contributed by atoms with Gasteiger partial charge in [0, 0.05) is 30.7 Å². The third-order valence-electron chi connectivity index (χ3n) is 5.49. The van der Waals surface area contributed by atoms with Crippen LogP contribution in [0.1, 0.15) is 18.0 Å². The maximum atomic E-state index is 13.0. The largest absolute Gasteiger partial charge is 0.495 e. The number of hydrazine groups is 1. The smallest absolute Gasteiger partial charge is 0.226 e. The number of nitrogens with one attached hydrogen (secondary N) is 3. The highest BCUT2D eigenvalue weighted by Crippen LogP contribution is 2.33. The molecule has 0 aliphatic carbocycles. The van der Waals surface area contributed by atoms with Gasteiger partial charge in [0.05, 0.1) is 24.8 Å². The van der Waals surface area contributed by atoms with Crippen LogP contribution >= 0.6 is 11.6 Å². The van der Waals surface area contributed by atoms with Gasteiger partial charge in [-0.15, -0.1) is 0 Å². The number of nitrogens with zero attached hydrogens (tertiary/aromatic N) is 1. The number of carbonyl (C=O) groups is 1. The number of hydrogen-bond acceptors (Lipinski definition) is 5. The van der Waals surface area contributed by atoms with Gasteiger partial charge in [-0.05, 0) is 30.2 Å². The third-order valence-corrected chi connectivity index (χ3v) is 5.73. The van der Waals surface area contributed by atoms with Crippen LogP contribution in [-0.2, 0) is 4.79 Å². The molecule has 0 radical (unpaired) electrons. The molecular formula is C21H25ClN4O2. The van der Waals surface area contributed by atoms with Crippen molar-refractivity contribution in [1.82, 2.24) is 16.2 Å². The maximum Gasteiger partial charge on any atom is 0.226 e. The lowest BCUT2D eigenvalue weighted by molar-refractivity contribution is -0.125. The zero-order valence-corrected chi connectivity index (χ0v) is 16.6. The van der Waals surface area contributed by atoms with Gasteiger partial charge in [-0.3, -0.25) is 10.2 Å². The van der Waals surface area contributed by atoms with Gasteiger partial charge in [-0.1, -0.05) is 41.9 Å². The number of amides is 1. The van der Waals surface area contributed by atoms with E-state index in [2.05, 4.69) is 21.1 Å². The van der Waals surface area contributed by atoms with Crippen molar-refractivity contribution in [3.8, 4) is 5.75 Å². The first-order chi connectivity index (χ1) is 13.7. The molecule has 0 bridgehead atoms. The Morgan fingerprint density at radius 3 is 2.86 bits per heavy atom. The van der Waals surface area contributed by atoms with Crippen LogP contribution < -0.4 is 25.8 Å². The number of anilines is 1. The van der Waals surface area contributed by atoms with Crippen molar-refractivity contribution in [3.63, 3.8) is 0 Å². The fraction of sp³-hybridized carbons (Fsp3) is 0.381. The highest BCUT2D eigenvalue weighted by atomic mass is 35.5. The molecule has 2 heterocycles. The molecule has 3 N–H and O–H groups in total. The second kappa shape index (κ2) is 8.39. The van der Waals surface area contributed by atoms with Crippen molar-refractivity contribution in [2.24, 2.45) is 5.92 Å². The molecular weight excluding hydrogens is 376 g/mol. The molecule has 2 aliphatic rings. The van der Waals surface area contributed by atoms with Crippen molar-refractivity contribution in [2.75, 3.05) is 31.6 Å². The van der Waals surface area contributed by atoms with Crippen molar-refractivity contribution in [1.29, 1.82) is 0 Å². The molecule has 148 valence electrons. The lowest BCUT2D eigenvalue weighted by atomic mass is 9.94. The van der Waals surface area contributed by atoms with E-state index in [4.69, 9.17) is 16.3 Å². The third kappa shape index (κ3) is 3.94. The molecule has 4 rings (SSSR count). The Labute approximate surface area is 170 Å². The summed E-state index contributed by atoms with van der Waals surface area (Å²) in [5.41, 5.74) is 8.45. The van der Waals surface area contributed by atoms with E-state index in [1.807, 2.05) is 48.5 Å². The van der Waals surface area contributed by atoms with Crippen molar-refractivity contribution in [3.05, 3.63) is 59.1 Å². The molecule has 3 atom stereocenters. The van der Waals surface area contributed by atoms with E-state index in [9.17, 15) is 4.79 Å². The van der Waals surface area contributed by atoms with Crippen LogP contribution in [0.5, 0.6) is 5.75 Å². The lowest BCUT2D eigenvalue weighted by Gasteiger charge is -2.23. The summed E-state index contributed by atoms with van der Waals surface area (Å²) in [4.78, 5) is 15.2. The number of methoxy groups -OCH3 is 1. The quantitative estimate of drug-likeness (QED) is 0.719. The molecule has 1 amide bonds. The molecule has 0 spiro atoms. The zero-order chi connectivity index (χ0) is 19.5. The summed E-state index contributed by atoms with van der Waals surface area (Å²) < 4.78 is 5.47. The zero-order valence-electron chi connectivity index (χ0n) is 15.8. The van der Waals surface area contributed by atoms with Crippen molar-refractivity contribution < 1.29 is 9.53 Å². The molecule has 2 aliphatic heterocycles. The highest BCUT2D eigenvalue weighted by Gasteiger charge is 2.36. The Morgan fingerprint density at radius 2 is 2.07 bits per heavy atom. The van der Waals surface area contributed by atoms with Crippen molar-refractivity contribution >= 4 is 23.2 Å². The minimum Gasteiger partial charge on any atom is -0.495 e. The summed E-state index contributed by atoms with van der Waals surface area (Å²) >= 11 is 6.17. The first-order valence-electron chi connectivity index (χ1n) is 9.58. The topological polar surface area (TPSA) is 65.6 Å². The molecule has 28 heavy (non-hydrogen) atoms. The highest BCUT2D eigenvalue weighted by molar-refractivity contribution is 6.30. The summed E-state index contributed by atoms with van der Waals surface area (Å²) in [6, 6.07) is 15.8. The van der Waals surface area contributed by atoms with Gasteiger partial charge in [-0.25, -0.2) is 5.43 Å². The van der Waals surface area contributed by atoms with E-state index in [1.54, 1.807) is 7.11 Å². The number of halogens is 1. The number of carbonyl (C=O) groups excluding carboxylic acids is 1. The average Bonchev–Trinajstić information content (AvgIpc) is 3.38. The molecule has 0 saturated carbocycles.